The van der Waals surface area contributed by atoms with Crippen molar-refractivity contribution in [3.63, 3.8) is 0 Å². The van der Waals surface area contributed by atoms with Crippen LogP contribution in [0, 0.1) is 6.92 Å². The van der Waals surface area contributed by atoms with Crippen LogP contribution in [0.5, 0.6) is 0 Å². The van der Waals surface area contributed by atoms with Crippen molar-refractivity contribution in [3.05, 3.63) is 41.5 Å². The zero-order valence-electron chi connectivity index (χ0n) is 11.6. The van der Waals surface area contributed by atoms with Crippen molar-refractivity contribution in [1.82, 2.24) is 10.1 Å². The van der Waals surface area contributed by atoms with Crippen molar-refractivity contribution < 1.29 is 4.52 Å². The van der Waals surface area contributed by atoms with Crippen molar-refractivity contribution >= 4 is 11.8 Å². The topological polar surface area (TPSA) is 64.9 Å². The van der Waals surface area contributed by atoms with E-state index in [1.54, 1.807) is 11.8 Å². The molecule has 0 spiro atoms. The first-order chi connectivity index (χ1) is 9.72. The van der Waals surface area contributed by atoms with Gasteiger partial charge in [-0.3, -0.25) is 0 Å². The van der Waals surface area contributed by atoms with Gasteiger partial charge in [0.2, 0.25) is 5.89 Å². The maximum absolute atomic E-state index is 6.07. The molecule has 1 saturated carbocycles. The van der Waals surface area contributed by atoms with E-state index in [0.717, 1.165) is 36.7 Å². The molecule has 2 atom stereocenters. The fourth-order valence-electron chi connectivity index (χ4n) is 2.55. The number of hydrogen-bond acceptors (Lipinski definition) is 5. The van der Waals surface area contributed by atoms with Gasteiger partial charge in [0.1, 0.15) is 0 Å². The van der Waals surface area contributed by atoms with Crippen molar-refractivity contribution in [2.75, 3.05) is 0 Å². The summed E-state index contributed by atoms with van der Waals surface area (Å²) in [5.41, 5.74) is 7.34. The number of rotatable bonds is 4. The SMILES string of the molecule is Cc1ccc(SCc2noc(C3CCCC3N)n2)cc1. The zero-order valence-corrected chi connectivity index (χ0v) is 12.4. The standard InChI is InChI=1S/C15H19N3OS/c1-10-5-7-11(8-6-10)20-9-14-17-15(19-18-14)12-3-2-4-13(12)16/h5-8,12-13H,2-4,9,16H2,1H3. The van der Waals surface area contributed by atoms with E-state index in [-0.39, 0.29) is 12.0 Å². The summed E-state index contributed by atoms with van der Waals surface area (Å²) < 4.78 is 5.37. The van der Waals surface area contributed by atoms with Crippen LogP contribution in [0.15, 0.2) is 33.7 Å². The fraction of sp³-hybridized carbons (Fsp3) is 0.467. The van der Waals surface area contributed by atoms with Crippen molar-refractivity contribution in [1.29, 1.82) is 0 Å². The Balaban J connectivity index is 1.61. The lowest BCUT2D eigenvalue weighted by atomic mass is 10.1. The van der Waals surface area contributed by atoms with Gasteiger partial charge in [-0.15, -0.1) is 11.8 Å². The Kier molecular flexibility index (Phi) is 4.08. The highest BCUT2D eigenvalue weighted by molar-refractivity contribution is 7.98. The molecule has 0 aliphatic heterocycles. The Morgan fingerprint density at radius 2 is 2.10 bits per heavy atom. The summed E-state index contributed by atoms with van der Waals surface area (Å²) >= 11 is 1.72. The maximum Gasteiger partial charge on any atom is 0.231 e. The first kappa shape index (κ1) is 13.6. The lowest BCUT2D eigenvalue weighted by Crippen LogP contribution is -2.22. The third kappa shape index (κ3) is 3.04. The number of nitrogens with zero attached hydrogens (tertiary/aromatic N) is 2. The van der Waals surface area contributed by atoms with Crippen molar-refractivity contribution in [2.24, 2.45) is 5.73 Å². The van der Waals surface area contributed by atoms with Gasteiger partial charge in [-0.05, 0) is 31.9 Å². The summed E-state index contributed by atoms with van der Waals surface area (Å²) in [6.45, 7) is 2.09. The van der Waals surface area contributed by atoms with Crippen molar-refractivity contribution in [3.8, 4) is 0 Å². The summed E-state index contributed by atoms with van der Waals surface area (Å²) in [6, 6.07) is 8.64. The second-order valence-electron chi connectivity index (χ2n) is 5.35. The molecule has 2 aromatic rings. The number of aromatic nitrogens is 2. The molecule has 20 heavy (non-hydrogen) atoms. The van der Waals surface area contributed by atoms with Crippen LogP contribution in [0.25, 0.3) is 0 Å². The van der Waals surface area contributed by atoms with Crippen molar-refractivity contribution in [2.45, 2.75) is 48.8 Å². The van der Waals surface area contributed by atoms with E-state index >= 15 is 0 Å². The Bertz CT molecular complexity index is 567. The molecule has 0 radical (unpaired) electrons. The Morgan fingerprint density at radius 1 is 1.30 bits per heavy atom. The maximum atomic E-state index is 6.07. The van der Waals surface area contributed by atoms with Crippen LogP contribution in [-0.2, 0) is 5.75 Å². The summed E-state index contributed by atoms with van der Waals surface area (Å²) in [5.74, 6) is 2.45. The van der Waals surface area contributed by atoms with E-state index in [0.29, 0.717) is 0 Å². The molecular weight excluding hydrogens is 270 g/mol. The summed E-state index contributed by atoms with van der Waals surface area (Å²) in [5, 5.41) is 4.07. The second-order valence-corrected chi connectivity index (χ2v) is 6.40. The smallest absolute Gasteiger partial charge is 0.231 e. The number of hydrogen-bond donors (Lipinski definition) is 1. The minimum absolute atomic E-state index is 0.174. The quantitative estimate of drug-likeness (QED) is 0.875. The molecular formula is C15H19N3OS. The fourth-order valence-corrected chi connectivity index (χ4v) is 3.30. The second kappa shape index (κ2) is 5.97. The molecule has 2 N–H and O–H groups in total. The van der Waals surface area contributed by atoms with Gasteiger partial charge >= 0.3 is 0 Å². The lowest BCUT2D eigenvalue weighted by molar-refractivity contribution is 0.342. The number of nitrogens with two attached hydrogens (primary N) is 1. The molecule has 1 heterocycles. The molecule has 1 fully saturated rings. The Labute approximate surface area is 123 Å². The van der Waals surface area contributed by atoms with Gasteiger partial charge in [-0.2, -0.15) is 4.98 Å². The molecule has 2 unspecified atom stereocenters. The van der Waals surface area contributed by atoms with Gasteiger partial charge in [0.05, 0.1) is 11.7 Å². The summed E-state index contributed by atoms with van der Waals surface area (Å²) in [6.07, 6.45) is 3.27. The molecule has 1 aromatic heterocycles. The van der Waals surface area contributed by atoms with Gasteiger partial charge in [-0.1, -0.05) is 29.3 Å². The van der Waals surface area contributed by atoms with Gasteiger partial charge in [0.15, 0.2) is 5.82 Å². The number of thioether (sulfide) groups is 1. The normalized spacial score (nSPS) is 22.3. The van der Waals surface area contributed by atoms with Crippen LogP contribution in [0.1, 0.15) is 42.5 Å². The molecule has 0 amide bonds. The third-order valence-corrected chi connectivity index (χ3v) is 4.77. The van der Waals surface area contributed by atoms with Crippen LogP contribution in [0.4, 0.5) is 0 Å². The van der Waals surface area contributed by atoms with Crippen LogP contribution in [-0.4, -0.2) is 16.2 Å². The minimum atomic E-state index is 0.174. The third-order valence-electron chi connectivity index (χ3n) is 3.76. The molecule has 1 aliphatic carbocycles. The molecule has 3 rings (SSSR count). The van der Waals surface area contributed by atoms with E-state index < -0.39 is 0 Å². The molecule has 0 bridgehead atoms. The highest BCUT2D eigenvalue weighted by Gasteiger charge is 2.30. The Morgan fingerprint density at radius 3 is 2.80 bits per heavy atom. The zero-order chi connectivity index (χ0) is 13.9. The van der Waals surface area contributed by atoms with E-state index in [1.165, 1.54) is 10.5 Å². The average molecular weight is 289 g/mol. The molecule has 5 heteroatoms. The minimum Gasteiger partial charge on any atom is -0.339 e. The number of benzene rings is 1. The van der Waals surface area contributed by atoms with Gasteiger partial charge < -0.3 is 10.3 Å². The summed E-state index contributed by atoms with van der Waals surface area (Å²) in [7, 11) is 0. The molecule has 106 valence electrons. The van der Waals surface area contributed by atoms with Crippen LogP contribution >= 0.6 is 11.8 Å². The largest absolute Gasteiger partial charge is 0.339 e. The predicted octanol–water partition coefficient (Wildman–Crippen LogP) is 3.27. The van der Waals surface area contributed by atoms with Crippen LogP contribution < -0.4 is 5.73 Å². The van der Waals surface area contributed by atoms with Crippen LogP contribution in [0.3, 0.4) is 0 Å². The molecule has 1 aromatic carbocycles. The Hall–Kier alpha value is -1.33. The van der Waals surface area contributed by atoms with Gasteiger partial charge in [-0.25, -0.2) is 0 Å². The first-order valence-electron chi connectivity index (χ1n) is 7.00. The molecule has 1 aliphatic rings. The molecule has 0 saturated heterocycles. The van der Waals surface area contributed by atoms with Crippen LogP contribution in [0.2, 0.25) is 0 Å². The molecule has 4 nitrogen and oxygen atoms in total. The lowest BCUT2D eigenvalue weighted by Gasteiger charge is -2.08. The van der Waals surface area contributed by atoms with Gasteiger partial charge in [0, 0.05) is 10.9 Å². The highest BCUT2D eigenvalue weighted by Crippen LogP contribution is 2.32. The monoisotopic (exact) mass is 289 g/mol. The van der Waals surface area contributed by atoms with E-state index in [4.69, 9.17) is 10.3 Å². The van der Waals surface area contributed by atoms with E-state index in [9.17, 15) is 0 Å². The van der Waals surface area contributed by atoms with E-state index in [1.807, 2.05) is 0 Å². The predicted molar refractivity (Wildman–Crippen MR) is 79.6 cm³/mol. The number of aryl methyl sites for hydroxylation is 1. The summed E-state index contributed by atoms with van der Waals surface area (Å²) in [4.78, 5) is 5.72. The van der Waals surface area contributed by atoms with E-state index in [2.05, 4.69) is 41.3 Å². The van der Waals surface area contributed by atoms with Gasteiger partial charge in [0.25, 0.3) is 0 Å². The first-order valence-corrected chi connectivity index (χ1v) is 7.98. The average Bonchev–Trinajstić information content (AvgIpc) is 3.06. The highest BCUT2D eigenvalue weighted by atomic mass is 32.2.